The van der Waals surface area contributed by atoms with E-state index in [0.29, 0.717) is 25.3 Å². The van der Waals surface area contributed by atoms with Crippen molar-refractivity contribution in [2.75, 3.05) is 13.2 Å². The van der Waals surface area contributed by atoms with Gasteiger partial charge in [0.15, 0.2) is 0 Å². The van der Waals surface area contributed by atoms with Crippen LogP contribution < -0.4 is 5.32 Å². The van der Waals surface area contributed by atoms with Gasteiger partial charge in [-0.1, -0.05) is 43.7 Å². The molecule has 1 amide bonds. The number of ether oxygens (including phenoxy) is 1. The number of carbonyl (C=O) groups excluding carboxylic acids is 2. The third-order valence-electron chi connectivity index (χ3n) is 3.37. The molecule has 0 radical (unpaired) electrons. The number of nitrogens with one attached hydrogen (secondary N) is 1. The first-order valence-corrected chi connectivity index (χ1v) is 7.95. The number of rotatable bonds is 9. The minimum Gasteiger partial charge on any atom is -0.464 e. The lowest BCUT2D eigenvalue weighted by molar-refractivity contribution is -0.144. The summed E-state index contributed by atoms with van der Waals surface area (Å²) in [5.41, 5.74) is 2.37. The minimum atomic E-state index is -0.192. The Morgan fingerprint density at radius 3 is 2.45 bits per heavy atom. The largest absolute Gasteiger partial charge is 0.464 e. The number of aryl methyl sites for hydroxylation is 2. The minimum absolute atomic E-state index is 0.0150. The molecule has 0 unspecified atom stereocenters. The van der Waals surface area contributed by atoms with Crippen LogP contribution in [0.2, 0.25) is 0 Å². The molecule has 122 valence electrons. The van der Waals surface area contributed by atoms with Crippen molar-refractivity contribution in [3.63, 3.8) is 0 Å². The molecule has 0 aliphatic carbocycles. The van der Waals surface area contributed by atoms with Gasteiger partial charge in [0.25, 0.3) is 0 Å². The molecule has 0 bridgehead atoms. The molecular formula is C18H27NO3. The predicted octanol–water partition coefficient (Wildman–Crippen LogP) is 3.02. The van der Waals surface area contributed by atoms with Gasteiger partial charge in [0.05, 0.1) is 6.54 Å². The van der Waals surface area contributed by atoms with Gasteiger partial charge in [-0.25, -0.2) is 0 Å². The Balaban J connectivity index is 2.08. The first-order valence-electron chi connectivity index (χ1n) is 7.95. The molecule has 0 saturated carbocycles. The predicted molar refractivity (Wildman–Crippen MR) is 87.5 cm³/mol. The van der Waals surface area contributed by atoms with Gasteiger partial charge < -0.3 is 10.1 Å². The maximum Gasteiger partial charge on any atom is 0.305 e. The molecule has 4 nitrogen and oxygen atoms in total. The van der Waals surface area contributed by atoms with E-state index in [-0.39, 0.29) is 18.5 Å². The maximum absolute atomic E-state index is 11.7. The standard InChI is InChI=1S/C18H27NO3/c1-14(2)4-11-18(21)22-13-12-19-17(20)10-9-16-7-5-15(3)6-8-16/h5-8,14H,4,9-13H2,1-3H3,(H,19,20). The fourth-order valence-electron chi connectivity index (χ4n) is 1.94. The second-order valence-electron chi connectivity index (χ2n) is 5.99. The van der Waals surface area contributed by atoms with E-state index in [1.54, 1.807) is 0 Å². The van der Waals surface area contributed by atoms with Crippen LogP contribution in [0.5, 0.6) is 0 Å². The lowest BCUT2D eigenvalue weighted by Gasteiger charge is -2.08. The van der Waals surface area contributed by atoms with Crippen molar-refractivity contribution in [3.05, 3.63) is 35.4 Å². The normalized spacial score (nSPS) is 10.5. The van der Waals surface area contributed by atoms with Gasteiger partial charge in [0.1, 0.15) is 6.61 Å². The van der Waals surface area contributed by atoms with Gasteiger partial charge in [-0.3, -0.25) is 9.59 Å². The van der Waals surface area contributed by atoms with E-state index < -0.39 is 0 Å². The monoisotopic (exact) mass is 305 g/mol. The summed E-state index contributed by atoms with van der Waals surface area (Å²) in [7, 11) is 0. The first-order chi connectivity index (χ1) is 10.5. The molecule has 0 saturated heterocycles. The van der Waals surface area contributed by atoms with E-state index >= 15 is 0 Å². The van der Waals surface area contributed by atoms with Crippen LogP contribution in [0.15, 0.2) is 24.3 Å². The summed E-state index contributed by atoms with van der Waals surface area (Å²) < 4.78 is 5.07. The van der Waals surface area contributed by atoms with Crippen molar-refractivity contribution in [1.29, 1.82) is 0 Å². The zero-order chi connectivity index (χ0) is 16.4. The van der Waals surface area contributed by atoms with Crippen LogP contribution in [0.3, 0.4) is 0 Å². The van der Waals surface area contributed by atoms with E-state index in [1.807, 2.05) is 31.2 Å². The molecule has 0 fully saturated rings. The molecule has 1 N–H and O–H groups in total. The second kappa shape index (κ2) is 9.98. The SMILES string of the molecule is Cc1ccc(CCC(=O)NCCOC(=O)CCC(C)C)cc1. The summed E-state index contributed by atoms with van der Waals surface area (Å²) in [5.74, 6) is 0.287. The lowest BCUT2D eigenvalue weighted by atomic mass is 10.1. The van der Waals surface area contributed by atoms with Gasteiger partial charge in [-0.05, 0) is 31.2 Å². The van der Waals surface area contributed by atoms with Crippen molar-refractivity contribution in [2.24, 2.45) is 5.92 Å². The molecule has 0 heterocycles. The fourth-order valence-corrected chi connectivity index (χ4v) is 1.94. The van der Waals surface area contributed by atoms with E-state index in [4.69, 9.17) is 4.74 Å². The molecule has 1 aromatic carbocycles. The van der Waals surface area contributed by atoms with Crippen LogP contribution in [-0.4, -0.2) is 25.0 Å². The summed E-state index contributed by atoms with van der Waals surface area (Å²) in [5, 5.41) is 2.77. The highest BCUT2D eigenvalue weighted by Crippen LogP contribution is 2.06. The summed E-state index contributed by atoms with van der Waals surface area (Å²) >= 11 is 0. The number of amides is 1. The molecule has 0 spiro atoms. The Morgan fingerprint density at radius 1 is 1.14 bits per heavy atom. The Hall–Kier alpha value is -1.84. The highest BCUT2D eigenvalue weighted by atomic mass is 16.5. The molecule has 1 rings (SSSR count). The molecular weight excluding hydrogens is 278 g/mol. The Morgan fingerprint density at radius 2 is 1.82 bits per heavy atom. The van der Waals surface area contributed by atoms with Gasteiger partial charge in [0.2, 0.25) is 5.91 Å². The smallest absolute Gasteiger partial charge is 0.305 e. The summed E-state index contributed by atoms with van der Waals surface area (Å²) in [6, 6.07) is 8.17. The van der Waals surface area contributed by atoms with Crippen LogP contribution in [0.4, 0.5) is 0 Å². The number of hydrogen-bond acceptors (Lipinski definition) is 3. The molecule has 0 aliphatic heterocycles. The molecule has 0 aromatic heterocycles. The summed E-state index contributed by atoms with van der Waals surface area (Å²) in [4.78, 5) is 23.1. The highest BCUT2D eigenvalue weighted by Gasteiger charge is 2.05. The lowest BCUT2D eigenvalue weighted by Crippen LogP contribution is -2.28. The zero-order valence-corrected chi connectivity index (χ0v) is 13.9. The first kappa shape index (κ1) is 18.2. The third-order valence-corrected chi connectivity index (χ3v) is 3.37. The van der Waals surface area contributed by atoms with E-state index in [9.17, 15) is 9.59 Å². The Labute approximate surface area is 133 Å². The summed E-state index contributed by atoms with van der Waals surface area (Å²) in [6.07, 6.45) is 2.45. The molecule has 0 atom stereocenters. The number of carbonyl (C=O) groups is 2. The summed E-state index contributed by atoms with van der Waals surface area (Å²) in [6.45, 7) is 6.80. The fraction of sp³-hybridized carbons (Fsp3) is 0.556. The van der Waals surface area contributed by atoms with Crippen LogP contribution in [0.25, 0.3) is 0 Å². The highest BCUT2D eigenvalue weighted by molar-refractivity contribution is 5.76. The van der Waals surface area contributed by atoms with Crippen LogP contribution >= 0.6 is 0 Å². The van der Waals surface area contributed by atoms with Crippen LogP contribution in [0, 0.1) is 12.8 Å². The number of esters is 1. The van der Waals surface area contributed by atoms with E-state index in [0.717, 1.165) is 18.4 Å². The molecule has 4 heteroatoms. The average molecular weight is 305 g/mol. The van der Waals surface area contributed by atoms with Gasteiger partial charge in [-0.15, -0.1) is 0 Å². The van der Waals surface area contributed by atoms with E-state index in [2.05, 4.69) is 19.2 Å². The Bertz CT molecular complexity index is 466. The Kier molecular flexibility index (Phi) is 8.26. The zero-order valence-electron chi connectivity index (χ0n) is 13.9. The third kappa shape index (κ3) is 8.45. The quantitative estimate of drug-likeness (QED) is 0.563. The number of hydrogen-bond donors (Lipinski definition) is 1. The second-order valence-corrected chi connectivity index (χ2v) is 5.99. The maximum atomic E-state index is 11.7. The van der Waals surface area contributed by atoms with Crippen molar-refractivity contribution in [3.8, 4) is 0 Å². The van der Waals surface area contributed by atoms with E-state index in [1.165, 1.54) is 5.56 Å². The topological polar surface area (TPSA) is 55.4 Å². The van der Waals surface area contributed by atoms with Crippen molar-refractivity contribution in [1.82, 2.24) is 5.32 Å². The van der Waals surface area contributed by atoms with Crippen molar-refractivity contribution < 1.29 is 14.3 Å². The number of benzene rings is 1. The molecule has 1 aromatic rings. The van der Waals surface area contributed by atoms with Crippen LogP contribution in [-0.2, 0) is 20.7 Å². The van der Waals surface area contributed by atoms with Gasteiger partial charge >= 0.3 is 5.97 Å². The average Bonchev–Trinajstić information content (AvgIpc) is 2.49. The van der Waals surface area contributed by atoms with Crippen LogP contribution in [0.1, 0.15) is 44.2 Å². The van der Waals surface area contributed by atoms with Gasteiger partial charge in [0, 0.05) is 12.8 Å². The van der Waals surface area contributed by atoms with Crippen molar-refractivity contribution >= 4 is 11.9 Å². The van der Waals surface area contributed by atoms with Gasteiger partial charge in [-0.2, -0.15) is 0 Å². The van der Waals surface area contributed by atoms with Crippen molar-refractivity contribution in [2.45, 2.75) is 46.5 Å². The molecule has 22 heavy (non-hydrogen) atoms. The molecule has 0 aliphatic rings.